The van der Waals surface area contributed by atoms with Crippen LogP contribution < -0.4 is 0 Å². The Kier molecular flexibility index (Phi) is 4.37. The van der Waals surface area contributed by atoms with Gasteiger partial charge in [-0.05, 0) is 19.4 Å². The molecule has 1 unspecified atom stereocenters. The standard InChI is InChI=1S/C7H12O3/c1-3-4-5-6(2)10-7(8)9/h4-6H,3H2,1-2H3,(H,8,9)/b5-4+. The number of carbonyl (C=O) groups is 1. The molecule has 0 heterocycles. The Bertz CT molecular complexity index is 129. The van der Waals surface area contributed by atoms with Gasteiger partial charge < -0.3 is 9.84 Å². The van der Waals surface area contributed by atoms with Crippen molar-refractivity contribution in [2.75, 3.05) is 0 Å². The third-order valence-corrected chi connectivity index (χ3v) is 0.930. The van der Waals surface area contributed by atoms with Gasteiger partial charge in [0.15, 0.2) is 0 Å². The lowest BCUT2D eigenvalue weighted by molar-refractivity contribution is 0.0751. The maximum Gasteiger partial charge on any atom is 0.506 e. The molecule has 0 bridgehead atoms. The van der Waals surface area contributed by atoms with Crippen molar-refractivity contribution in [3.05, 3.63) is 12.2 Å². The van der Waals surface area contributed by atoms with Gasteiger partial charge >= 0.3 is 6.16 Å². The van der Waals surface area contributed by atoms with E-state index in [9.17, 15) is 4.79 Å². The molecule has 1 atom stereocenters. The van der Waals surface area contributed by atoms with Gasteiger partial charge in [0.1, 0.15) is 6.10 Å². The van der Waals surface area contributed by atoms with E-state index in [2.05, 4.69) is 4.74 Å². The molecule has 0 aliphatic carbocycles. The summed E-state index contributed by atoms with van der Waals surface area (Å²) < 4.78 is 4.38. The molecular weight excluding hydrogens is 132 g/mol. The van der Waals surface area contributed by atoms with Gasteiger partial charge in [0.25, 0.3) is 0 Å². The van der Waals surface area contributed by atoms with Gasteiger partial charge in [-0.3, -0.25) is 0 Å². The van der Waals surface area contributed by atoms with Gasteiger partial charge in [-0.1, -0.05) is 13.0 Å². The summed E-state index contributed by atoms with van der Waals surface area (Å²) in [5, 5.41) is 8.13. The second-order valence-corrected chi connectivity index (χ2v) is 1.93. The average molecular weight is 144 g/mol. The first-order chi connectivity index (χ1) is 4.66. The molecule has 3 heteroatoms. The van der Waals surface area contributed by atoms with Crippen molar-refractivity contribution in [1.82, 2.24) is 0 Å². The Balaban J connectivity index is 3.52. The predicted molar refractivity (Wildman–Crippen MR) is 38.0 cm³/mol. The van der Waals surface area contributed by atoms with Gasteiger partial charge in [0.2, 0.25) is 0 Å². The summed E-state index contributed by atoms with van der Waals surface area (Å²) in [5.74, 6) is 0. The molecule has 0 aromatic heterocycles. The molecular formula is C7H12O3. The summed E-state index contributed by atoms with van der Waals surface area (Å²) in [5.41, 5.74) is 0. The number of ether oxygens (including phenoxy) is 1. The van der Waals surface area contributed by atoms with E-state index in [0.29, 0.717) is 0 Å². The molecule has 0 aliphatic rings. The molecule has 0 radical (unpaired) electrons. The van der Waals surface area contributed by atoms with Gasteiger partial charge in [0.05, 0.1) is 0 Å². The number of hydrogen-bond acceptors (Lipinski definition) is 2. The lowest BCUT2D eigenvalue weighted by Gasteiger charge is -2.03. The highest BCUT2D eigenvalue weighted by atomic mass is 16.7. The molecule has 0 saturated heterocycles. The molecule has 0 aliphatic heterocycles. The average Bonchev–Trinajstić information content (AvgIpc) is 1.82. The van der Waals surface area contributed by atoms with E-state index in [1.807, 2.05) is 13.0 Å². The van der Waals surface area contributed by atoms with Crippen LogP contribution in [0.2, 0.25) is 0 Å². The van der Waals surface area contributed by atoms with Gasteiger partial charge in [-0.2, -0.15) is 0 Å². The lowest BCUT2D eigenvalue weighted by Crippen LogP contribution is -2.09. The molecule has 0 spiro atoms. The van der Waals surface area contributed by atoms with Gasteiger partial charge in [-0.15, -0.1) is 0 Å². The minimum atomic E-state index is -1.23. The molecule has 0 aromatic rings. The Morgan fingerprint density at radius 1 is 1.80 bits per heavy atom. The Morgan fingerprint density at radius 3 is 2.80 bits per heavy atom. The summed E-state index contributed by atoms with van der Waals surface area (Å²) in [4.78, 5) is 9.92. The first-order valence-electron chi connectivity index (χ1n) is 3.23. The van der Waals surface area contributed by atoms with E-state index in [1.165, 1.54) is 0 Å². The number of hydrogen-bond donors (Lipinski definition) is 1. The molecule has 0 rings (SSSR count). The molecule has 58 valence electrons. The van der Waals surface area contributed by atoms with Crippen LogP contribution in [0.1, 0.15) is 20.3 Å². The second-order valence-electron chi connectivity index (χ2n) is 1.93. The summed E-state index contributed by atoms with van der Waals surface area (Å²) in [6, 6.07) is 0. The Morgan fingerprint density at radius 2 is 2.40 bits per heavy atom. The van der Waals surface area contributed by atoms with Crippen LogP contribution in [0, 0.1) is 0 Å². The minimum absolute atomic E-state index is 0.336. The van der Waals surface area contributed by atoms with Crippen molar-refractivity contribution < 1.29 is 14.6 Å². The van der Waals surface area contributed by atoms with Crippen LogP contribution >= 0.6 is 0 Å². The SMILES string of the molecule is CC/C=C/C(C)OC(=O)O. The lowest BCUT2D eigenvalue weighted by atomic mass is 10.3. The zero-order chi connectivity index (χ0) is 7.98. The largest absolute Gasteiger partial charge is 0.506 e. The minimum Gasteiger partial charge on any atom is -0.450 e. The van der Waals surface area contributed by atoms with Crippen LogP contribution in [0.3, 0.4) is 0 Å². The van der Waals surface area contributed by atoms with Crippen LogP contribution in [0.25, 0.3) is 0 Å². The van der Waals surface area contributed by atoms with E-state index in [-0.39, 0.29) is 6.10 Å². The molecule has 0 aromatic carbocycles. The highest BCUT2D eigenvalue weighted by molar-refractivity contribution is 5.57. The van der Waals surface area contributed by atoms with E-state index < -0.39 is 6.16 Å². The second kappa shape index (κ2) is 4.85. The quantitative estimate of drug-likeness (QED) is 0.487. The molecule has 3 nitrogen and oxygen atoms in total. The fraction of sp³-hybridized carbons (Fsp3) is 0.571. The maximum absolute atomic E-state index is 9.92. The zero-order valence-electron chi connectivity index (χ0n) is 6.20. The van der Waals surface area contributed by atoms with Crippen molar-refractivity contribution >= 4 is 6.16 Å². The zero-order valence-corrected chi connectivity index (χ0v) is 6.20. The first kappa shape index (κ1) is 9.01. The molecule has 0 amide bonds. The molecule has 0 saturated carbocycles. The fourth-order valence-electron chi connectivity index (χ4n) is 0.526. The van der Waals surface area contributed by atoms with Crippen LogP contribution in [0.4, 0.5) is 4.79 Å². The van der Waals surface area contributed by atoms with Crippen LogP contribution in [0.15, 0.2) is 12.2 Å². The smallest absolute Gasteiger partial charge is 0.450 e. The highest BCUT2D eigenvalue weighted by Gasteiger charge is 2.00. The fourth-order valence-corrected chi connectivity index (χ4v) is 0.526. The van der Waals surface area contributed by atoms with Crippen molar-refractivity contribution in [3.8, 4) is 0 Å². The van der Waals surface area contributed by atoms with E-state index in [1.54, 1.807) is 13.0 Å². The normalized spacial score (nSPS) is 13.4. The monoisotopic (exact) mass is 144 g/mol. The summed E-state index contributed by atoms with van der Waals surface area (Å²) in [6.45, 7) is 3.66. The Hall–Kier alpha value is -0.990. The summed E-state index contributed by atoms with van der Waals surface area (Å²) >= 11 is 0. The maximum atomic E-state index is 9.92. The Labute approximate surface area is 60.3 Å². The first-order valence-corrected chi connectivity index (χ1v) is 3.23. The van der Waals surface area contributed by atoms with E-state index >= 15 is 0 Å². The topological polar surface area (TPSA) is 46.5 Å². The number of allylic oxidation sites excluding steroid dienone is 1. The van der Waals surface area contributed by atoms with Crippen LogP contribution in [-0.4, -0.2) is 17.4 Å². The predicted octanol–water partition coefficient (Wildman–Crippen LogP) is 2.04. The number of carboxylic acid groups (broad SMARTS) is 1. The third-order valence-electron chi connectivity index (χ3n) is 0.930. The molecule has 0 fully saturated rings. The molecule has 1 N–H and O–H groups in total. The summed E-state index contributed by atoms with van der Waals surface area (Å²) in [6.07, 6.45) is 2.92. The number of rotatable bonds is 3. The third kappa shape index (κ3) is 5.15. The van der Waals surface area contributed by atoms with Crippen molar-refractivity contribution in [2.45, 2.75) is 26.4 Å². The van der Waals surface area contributed by atoms with Gasteiger partial charge in [-0.25, -0.2) is 4.79 Å². The molecule has 10 heavy (non-hydrogen) atoms. The summed E-state index contributed by atoms with van der Waals surface area (Å²) in [7, 11) is 0. The van der Waals surface area contributed by atoms with Crippen molar-refractivity contribution in [1.29, 1.82) is 0 Å². The van der Waals surface area contributed by atoms with E-state index in [0.717, 1.165) is 6.42 Å². The van der Waals surface area contributed by atoms with Crippen molar-refractivity contribution in [2.24, 2.45) is 0 Å². The highest BCUT2D eigenvalue weighted by Crippen LogP contribution is 1.93. The van der Waals surface area contributed by atoms with Crippen LogP contribution in [0.5, 0.6) is 0 Å². The van der Waals surface area contributed by atoms with E-state index in [4.69, 9.17) is 5.11 Å². The van der Waals surface area contributed by atoms with Gasteiger partial charge in [0, 0.05) is 0 Å². The van der Waals surface area contributed by atoms with Crippen LogP contribution in [-0.2, 0) is 4.74 Å². The van der Waals surface area contributed by atoms with Crippen molar-refractivity contribution in [3.63, 3.8) is 0 Å².